The first-order chi connectivity index (χ1) is 12.2. The first-order valence-corrected chi connectivity index (χ1v) is 9.39. The predicted molar refractivity (Wildman–Crippen MR) is 104 cm³/mol. The number of nitrogens with one attached hydrogen (secondary N) is 1. The number of hydrogen-bond acceptors (Lipinski definition) is 4. The smallest absolute Gasteiger partial charge is 0.234 e. The number of aromatic nitrogens is 2. The summed E-state index contributed by atoms with van der Waals surface area (Å²) in [5.74, 6) is 0.703. The van der Waals surface area contributed by atoms with Crippen LogP contribution in [0, 0.1) is 0 Å². The highest BCUT2D eigenvalue weighted by Gasteiger charge is 2.12. The molecule has 3 rings (SSSR count). The van der Waals surface area contributed by atoms with E-state index in [4.69, 9.17) is 0 Å². The van der Waals surface area contributed by atoms with Crippen molar-refractivity contribution in [3.63, 3.8) is 0 Å². The van der Waals surface area contributed by atoms with Gasteiger partial charge in [0.25, 0.3) is 0 Å². The van der Waals surface area contributed by atoms with Crippen LogP contribution in [0.5, 0.6) is 0 Å². The number of anilines is 1. The standard InChI is InChI=1S/C20H21N3OS/c1-3-14(2)15-8-4-7-11-18(15)23-19(24)12-25-20-16-9-5-6-10-17(16)21-13-22-20/h4-11,13-14H,3,12H2,1-2H3,(H,23,24). The average Bonchev–Trinajstić information content (AvgIpc) is 2.66. The zero-order chi connectivity index (χ0) is 17.6. The topological polar surface area (TPSA) is 54.9 Å². The van der Waals surface area contributed by atoms with Crippen LogP contribution < -0.4 is 5.32 Å². The zero-order valence-corrected chi connectivity index (χ0v) is 15.2. The van der Waals surface area contributed by atoms with Crippen LogP contribution in [-0.4, -0.2) is 21.6 Å². The number of carbonyl (C=O) groups excluding carboxylic acids is 1. The third kappa shape index (κ3) is 4.17. The fourth-order valence-corrected chi connectivity index (χ4v) is 3.47. The third-order valence-electron chi connectivity index (χ3n) is 4.22. The van der Waals surface area contributed by atoms with Crippen molar-refractivity contribution in [3.8, 4) is 0 Å². The van der Waals surface area contributed by atoms with Gasteiger partial charge in [0, 0.05) is 11.1 Å². The number of hydrogen-bond donors (Lipinski definition) is 1. The first kappa shape index (κ1) is 17.4. The van der Waals surface area contributed by atoms with Gasteiger partial charge in [0.05, 0.1) is 11.3 Å². The Balaban J connectivity index is 1.69. The number of thioether (sulfide) groups is 1. The van der Waals surface area contributed by atoms with Crippen LogP contribution >= 0.6 is 11.8 Å². The van der Waals surface area contributed by atoms with Crippen molar-refractivity contribution in [2.24, 2.45) is 0 Å². The summed E-state index contributed by atoms with van der Waals surface area (Å²) in [5, 5.41) is 4.85. The molecule has 0 spiro atoms. The molecule has 0 saturated heterocycles. The van der Waals surface area contributed by atoms with Gasteiger partial charge in [-0.3, -0.25) is 4.79 Å². The van der Waals surface area contributed by atoms with E-state index in [1.165, 1.54) is 17.3 Å². The van der Waals surface area contributed by atoms with Crippen molar-refractivity contribution in [1.29, 1.82) is 0 Å². The second-order valence-corrected chi connectivity index (χ2v) is 6.89. The zero-order valence-electron chi connectivity index (χ0n) is 14.4. The van der Waals surface area contributed by atoms with Gasteiger partial charge in [0.15, 0.2) is 0 Å². The maximum absolute atomic E-state index is 12.4. The molecule has 1 N–H and O–H groups in total. The van der Waals surface area contributed by atoms with Crippen LogP contribution in [0.25, 0.3) is 10.9 Å². The lowest BCUT2D eigenvalue weighted by Crippen LogP contribution is -2.16. The van der Waals surface area contributed by atoms with Gasteiger partial charge in [-0.2, -0.15) is 0 Å². The Kier molecular flexibility index (Phi) is 5.66. The molecule has 0 radical (unpaired) electrons. The maximum atomic E-state index is 12.4. The minimum absolute atomic E-state index is 0.0246. The third-order valence-corrected chi connectivity index (χ3v) is 5.23. The number of benzene rings is 2. The van der Waals surface area contributed by atoms with E-state index in [-0.39, 0.29) is 5.91 Å². The van der Waals surface area contributed by atoms with Gasteiger partial charge >= 0.3 is 0 Å². The summed E-state index contributed by atoms with van der Waals surface area (Å²) in [6.45, 7) is 4.33. The number of nitrogens with zero attached hydrogens (tertiary/aromatic N) is 2. The van der Waals surface area contributed by atoms with Crippen LogP contribution in [0.15, 0.2) is 59.9 Å². The van der Waals surface area contributed by atoms with Crippen molar-refractivity contribution in [2.45, 2.75) is 31.2 Å². The number of para-hydroxylation sites is 2. The molecular formula is C20H21N3OS. The molecule has 0 fully saturated rings. The van der Waals surface area contributed by atoms with Gasteiger partial charge in [-0.1, -0.05) is 62.0 Å². The summed E-state index contributed by atoms with van der Waals surface area (Å²) in [5.41, 5.74) is 2.97. The molecule has 128 valence electrons. The number of amides is 1. The van der Waals surface area contributed by atoms with Crippen LogP contribution in [0.4, 0.5) is 5.69 Å². The van der Waals surface area contributed by atoms with Gasteiger partial charge in [-0.25, -0.2) is 9.97 Å². The molecule has 0 aliphatic heterocycles. The van der Waals surface area contributed by atoms with E-state index in [0.717, 1.165) is 28.0 Å². The molecule has 0 bridgehead atoms. The molecule has 2 aromatic carbocycles. The van der Waals surface area contributed by atoms with E-state index in [9.17, 15) is 4.79 Å². The summed E-state index contributed by atoms with van der Waals surface area (Å²) in [6, 6.07) is 15.8. The molecule has 25 heavy (non-hydrogen) atoms. The molecule has 5 heteroatoms. The minimum atomic E-state index is -0.0246. The lowest BCUT2D eigenvalue weighted by Gasteiger charge is -2.15. The highest BCUT2D eigenvalue weighted by Crippen LogP contribution is 2.27. The van der Waals surface area contributed by atoms with E-state index < -0.39 is 0 Å². The van der Waals surface area contributed by atoms with Gasteiger partial charge < -0.3 is 5.32 Å². The SMILES string of the molecule is CCC(C)c1ccccc1NC(=O)CSc1ncnc2ccccc12. The lowest BCUT2D eigenvalue weighted by atomic mass is 9.97. The predicted octanol–water partition coefficient (Wildman–Crippen LogP) is 4.87. The largest absolute Gasteiger partial charge is 0.325 e. The molecule has 0 aliphatic rings. The molecule has 1 amide bonds. The highest BCUT2D eigenvalue weighted by molar-refractivity contribution is 8.00. The van der Waals surface area contributed by atoms with Crippen molar-refractivity contribution < 1.29 is 4.79 Å². The quantitative estimate of drug-likeness (QED) is 0.508. The molecule has 1 aromatic heterocycles. The Morgan fingerprint density at radius 2 is 1.88 bits per heavy atom. The van der Waals surface area contributed by atoms with Gasteiger partial charge in [-0.05, 0) is 30.0 Å². The second-order valence-electron chi connectivity index (χ2n) is 5.93. The van der Waals surface area contributed by atoms with E-state index in [1.807, 2.05) is 42.5 Å². The van der Waals surface area contributed by atoms with Crippen LogP contribution in [-0.2, 0) is 4.79 Å². The molecule has 0 aliphatic carbocycles. The Labute approximate surface area is 152 Å². The number of rotatable bonds is 6. The second kappa shape index (κ2) is 8.12. The number of carbonyl (C=O) groups is 1. The van der Waals surface area contributed by atoms with Gasteiger partial charge in [0.1, 0.15) is 11.4 Å². The average molecular weight is 351 g/mol. The van der Waals surface area contributed by atoms with Gasteiger partial charge in [-0.15, -0.1) is 0 Å². The van der Waals surface area contributed by atoms with E-state index in [1.54, 1.807) is 6.33 Å². The highest BCUT2D eigenvalue weighted by atomic mass is 32.2. The fraction of sp³-hybridized carbons (Fsp3) is 0.250. The van der Waals surface area contributed by atoms with Crippen molar-refractivity contribution in [3.05, 3.63) is 60.4 Å². The Morgan fingerprint density at radius 3 is 2.72 bits per heavy atom. The summed E-state index contributed by atoms with van der Waals surface area (Å²) in [6.07, 6.45) is 2.58. The summed E-state index contributed by atoms with van der Waals surface area (Å²) in [7, 11) is 0. The maximum Gasteiger partial charge on any atom is 0.234 e. The summed E-state index contributed by atoms with van der Waals surface area (Å²) >= 11 is 1.43. The van der Waals surface area contributed by atoms with Crippen LogP contribution in [0.3, 0.4) is 0 Å². The molecule has 1 unspecified atom stereocenters. The molecule has 4 nitrogen and oxygen atoms in total. The molecule has 1 heterocycles. The van der Waals surface area contributed by atoms with E-state index in [0.29, 0.717) is 11.7 Å². The summed E-state index contributed by atoms with van der Waals surface area (Å²) in [4.78, 5) is 21.0. The Morgan fingerprint density at radius 1 is 1.12 bits per heavy atom. The Hall–Kier alpha value is -2.40. The minimum Gasteiger partial charge on any atom is -0.325 e. The Bertz CT molecular complexity index is 876. The number of fused-ring (bicyclic) bond motifs is 1. The van der Waals surface area contributed by atoms with Crippen LogP contribution in [0.1, 0.15) is 31.7 Å². The monoisotopic (exact) mass is 351 g/mol. The van der Waals surface area contributed by atoms with Gasteiger partial charge in [0.2, 0.25) is 5.91 Å². The summed E-state index contributed by atoms with van der Waals surface area (Å²) < 4.78 is 0. The van der Waals surface area contributed by atoms with E-state index in [2.05, 4.69) is 35.2 Å². The van der Waals surface area contributed by atoms with E-state index >= 15 is 0 Å². The molecule has 0 saturated carbocycles. The van der Waals surface area contributed by atoms with Crippen molar-refractivity contribution in [2.75, 3.05) is 11.1 Å². The molecule has 1 atom stereocenters. The normalized spacial score (nSPS) is 12.1. The molecular weight excluding hydrogens is 330 g/mol. The van der Waals surface area contributed by atoms with Crippen molar-refractivity contribution >= 4 is 34.3 Å². The van der Waals surface area contributed by atoms with Crippen LogP contribution in [0.2, 0.25) is 0 Å². The lowest BCUT2D eigenvalue weighted by molar-refractivity contribution is -0.113. The van der Waals surface area contributed by atoms with Crippen molar-refractivity contribution in [1.82, 2.24) is 9.97 Å². The first-order valence-electron chi connectivity index (χ1n) is 8.40. The fourth-order valence-electron chi connectivity index (χ4n) is 2.68. The molecule has 3 aromatic rings.